The van der Waals surface area contributed by atoms with Gasteiger partial charge in [-0.05, 0) is 41.3 Å². The van der Waals surface area contributed by atoms with Crippen LogP contribution in [0.3, 0.4) is 0 Å². The van der Waals surface area contributed by atoms with Gasteiger partial charge in [0.25, 0.3) is 0 Å². The van der Waals surface area contributed by atoms with Crippen LogP contribution in [0.15, 0.2) is 83.3 Å². The molecule has 3 aromatic rings. The summed E-state index contributed by atoms with van der Waals surface area (Å²) in [6.45, 7) is 2.00. The maximum atomic E-state index is 11.4. The molecule has 0 amide bonds. The molecule has 6 atom stereocenters. The second-order valence-corrected chi connectivity index (χ2v) is 9.70. The fraction of sp³-hybridized carbons (Fsp3) is 0.357. The van der Waals surface area contributed by atoms with Crippen molar-refractivity contribution in [1.82, 2.24) is 0 Å². The van der Waals surface area contributed by atoms with E-state index in [1.807, 2.05) is 85.8 Å². The number of hydrogen-bond acceptors (Lipinski definition) is 6. The van der Waals surface area contributed by atoms with E-state index in [1.165, 1.54) is 0 Å². The van der Waals surface area contributed by atoms with Crippen LogP contribution in [0, 0.1) is 6.92 Å². The largest absolute Gasteiger partial charge is 0.394 e. The number of halogens is 1. The summed E-state index contributed by atoms with van der Waals surface area (Å²) in [5.74, 6) is 0. The van der Waals surface area contributed by atoms with Crippen LogP contribution in [-0.4, -0.2) is 52.4 Å². The van der Waals surface area contributed by atoms with E-state index in [-0.39, 0.29) is 19.8 Å². The molecule has 0 aromatic heterocycles. The average Bonchev–Trinajstić information content (AvgIpc) is 2.87. The van der Waals surface area contributed by atoms with Gasteiger partial charge in [0.05, 0.1) is 19.8 Å². The number of aliphatic hydroxyl groups is 3. The molecule has 0 radical (unpaired) electrons. The Kier molecular flexibility index (Phi) is 9.08. The van der Waals surface area contributed by atoms with Gasteiger partial charge in [-0.3, -0.25) is 0 Å². The number of hydrogen-bond donors (Lipinski definition) is 3. The van der Waals surface area contributed by atoms with Gasteiger partial charge in [-0.15, -0.1) is 0 Å². The van der Waals surface area contributed by atoms with Crippen molar-refractivity contribution in [1.29, 1.82) is 0 Å². The van der Waals surface area contributed by atoms with Gasteiger partial charge in [-0.25, -0.2) is 0 Å². The molecule has 7 heteroatoms. The zero-order valence-electron chi connectivity index (χ0n) is 19.5. The number of ether oxygens (including phenoxy) is 3. The number of benzene rings is 3. The van der Waals surface area contributed by atoms with Crippen molar-refractivity contribution >= 4 is 15.9 Å². The highest BCUT2D eigenvalue weighted by molar-refractivity contribution is 9.10. The smallest absolute Gasteiger partial charge is 0.117 e. The van der Waals surface area contributed by atoms with Crippen molar-refractivity contribution in [3.63, 3.8) is 0 Å². The minimum absolute atomic E-state index is 0.226. The molecule has 0 bridgehead atoms. The maximum absolute atomic E-state index is 11.4. The van der Waals surface area contributed by atoms with Crippen molar-refractivity contribution in [2.45, 2.75) is 56.8 Å². The fourth-order valence-electron chi connectivity index (χ4n) is 4.44. The van der Waals surface area contributed by atoms with Crippen molar-refractivity contribution in [3.8, 4) is 0 Å². The van der Waals surface area contributed by atoms with Crippen molar-refractivity contribution in [2.75, 3.05) is 6.61 Å². The van der Waals surface area contributed by atoms with E-state index < -0.39 is 36.6 Å². The van der Waals surface area contributed by atoms with Crippen molar-refractivity contribution in [2.24, 2.45) is 0 Å². The summed E-state index contributed by atoms with van der Waals surface area (Å²) in [6.07, 6.45) is -5.69. The van der Waals surface area contributed by atoms with E-state index in [2.05, 4.69) is 15.9 Å². The first-order valence-electron chi connectivity index (χ1n) is 11.7. The lowest BCUT2D eigenvalue weighted by atomic mass is 9.88. The lowest BCUT2D eigenvalue weighted by molar-refractivity contribution is -0.274. The first-order chi connectivity index (χ1) is 17.0. The molecule has 6 nitrogen and oxygen atoms in total. The van der Waals surface area contributed by atoms with Crippen LogP contribution >= 0.6 is 15.9 Å². The molecule has 1 aliphatic rings. The third-order valence-corrected chi connectivity index (χ3v) is 6.80. The van der Waals surface area contributed by atoms with Gasteiger partial charge in [0.15, 0.2) is 0 Å². The Morgan fingerprint density at radius 3 is 2.00 bits per heavy atom. The number of aryl methyl sites for hydroxylation is 1. The van der Waals surface area contributed by atoms with Crippen LogP contribution in [0.25, 0.3) is 0 Å². The van der Waals surface area contributed by atoms with Crippen molar-refractivity contribution in [3.05, 3.63) is 106 Å². The fourth-order valence-corrected chi connectivity index (χ4v) is 4.92. The second kappa shape index (κ2) is 12.2. The average molecular weight is 543 g/mol. The molecule has 0 aliphatic carbocycles. The van der Waals surface area contributed by atoms with Crippen LogP contribution in [0.1, 0.15) is 28.4 Å². The van der Waals surface area contributed by atoms with Crippen LogP contribution in [0.2, 0.25) is 0 Å². The molecule has 3 N–H and O–H groups in total. The molecule has 3 aromatic carbocycles. The van der Waals surface area contributed by atoms with E-state index in [9.17, 15) is 15.3 Å². The molecular formula is C28H31BrO6. The van der Waals surface area contributed by atoms with Gasteiger partial charge in [0.2, 0.25) is 0 Å². The Labute approximate surface area is 214 Å². The minimum Gasteiger partial charge on any atom is -0.394 e. The van der Waals surface area contributed by atoms with E-state index in [0.29, 0.717) is 5.56 Å². The zero-order chi connectivity index (χ0) is 24.8. The Hall–Kier alpha value is -2.10. The van der Waals surface area contributed by atoms with E-state index >= 15 is 0 Å². The molecule has 3 unspecified atom stereocenters. The van der Waals surface area contributed by atoms with E-state index in [4.69, 9.17) is 14.2 Å². The Balaban J connectivity index is 1.59. The van der Waals surface area contributed by atoms with Gasteiger partial charge in [-0.1, -0.05) is 82.7 Å². The number of aliphatic hydroxyl groups excluding tert-OH is 3. The Morgan fingerprint density at radius 1 is 0.886 bits per heavy atom. The van der Waals surface area contributed by atoms with Crippen LogP contribution in [0.5, 0.6) is 0 Å². The third-order valence-electron chi connectivity index (χ3n) is 6.31. The summed E-state index contributed by atoms with van der Waals surface area (Å²) in [4.78, 5) is 0. The van der Waals surface area contributed by atoms with E-state index in [0.717, 1.165) is 21.2 Å². The van der Waals surface area contributed by atoms with Crippen LogP contribution < -0.4 is 0 Å². The summed E-state index contributed by atoms with van der Waals surface area (Å²) in [6, 6.07) is 24.8. The maximum Gasteiger partial charge on any atom is 0.117 e. The monoisotopic (exact) mass is 542 g/mol. The predicted octanol–water partition coefficient (Wildman–Crippen LogP) is 4.08. The van der Waals surface area contributed by atoms with Gasteiger partial charge >= 0.3 is 0 Å². The van der Waals surface area contributed by atoms with Gasteiger partial charge < -0.3 is 29.5 Å². The summed E-state index contributed by atoms with van der Waals surface area (Å²) < 4.78 is 19.3. The van der Waals surface area contributed by atoms with Crippen LogP contribution in [-0.2, 0) is 27.4 Å². The topological polar surface area (TPSA) is 88.4 Å². The molecule has 0 saturated carbocycles. The van der Waals surface area contributed by atoms with Crippen LogP contribution in [0.4, 0.5) is 0 Å². The van der Waals surface area contributed by atoms with Gasteiger partial charge in [0.1, 0.15) is 36.6 Å². The Bertz CT molecular complexity index is 1060. The van der Waals surface area contributed by atoms with Crippen molar-refractivity contribution < 1.29 is 29.5 Å². The quantitative estimate of drug-likeness (QED) is 0.377. The molecule has 4 rings (SSSR count). The first-order valence-corrected chi connectivity index (χ1v) is 12.5. The molecule has 1 fully saturated rings. The summed E-state index contributed by atoms with van der Waals surface area (Å²) >= 11 is 3.45. The molecule has 35 heavy (non-hydrogen) atoms. The van der Waals surface area contributed by atoms with Gasteiger partial charge in [0, 0.05) is 4.47 Å². The molecular weight excluding hydrogens is 512 g/mol. The molecule has 1 saturated heterocycles. The highest BCUT2D eigenvalue weighted by atomic mass is 79.9. The highest BCUT2D eigenvalue weighted by Crippen LogP contribution is 2.35. The normalized spacial score (nSPS) is 25.3. The molecule has 1 heterocycles. The molecule has 186 valence electrons. The standard InChI is InChI=1S/C28H31BrO6/c1-18-14-21(29)12-13-22(18)24(31)28-27(34-17-20-10-6-3-7-11-20)25(32)26(23(15-30)35-28)33-16-19-8-4-2-5-9-19/h2-14,23-28,30-32H,15-17H2,1H3/t23?,24-,25?,26-,27?,28-/m1/s1. The molecule has 1 aliphatic heterocycles. The van der Waals surface area contributed by atoms with Gasteiger partial charge in [-0.2, -0.15) is 0 Å². The Morgan fingerprint density at radius 2 is 1.46 bits per heavy atom. The highest BCUT2D eigenvalue weighted by Gasteiger charge is 2.49. The summed E-state index contributed by atoms with van der Waals surface area (Å²) in [7, 11) is 0. The van der Waals surface area contributed by atoms with E-state index in [1.54, 1.807) is 0 Å². The predicted molar refractivity (Wildman–Crippen MR) is 136 cm³/mol. The zero-order valence-corrected chi connectivity index (χ0v) is 21.1. The SMILES string of the molecule is Cc1cc(Br)ccc1[C@@H](O)[C@H]1OC(CO)[C@@H](OCc2ccccc2)C(O)C1OCc1ccccc1. The molecule has 0 spiro atoms. The summed E-state index contributed by atoms with van der Waals surface area (Å²) in [5, 5.41) is 32.8. The lowest BCUT2D eigenvalue weighted by Crippen LogP contribution is -2.61. The minimum atomic E-state index is -1.14. The first kappa shape index (κ1) is 26.0. The second-order valence-electron chi connectivity index (χ2n) is 8.78. The lowest BCUT2D eigenvalue weighted by Gasteiger charge is -2.45. The third kappa shape index (κ3) is 6.37. The summed E-state index contributed by atoms with van der Waals surface area (Å²) in [5.41, 5.74) is 3.40. The number of rotatable bonds is 9.